The highest BCUT2D eigenvalue weighted by Crippen LogP contribution is 2.21. The average molecular weight is 290 g/mol. The molecule has 114 valence electrons. The number of aromatic nitrogens is 1. The lowest BCUT2D eigenvalue weighted by atomic mass is 9.98. The molecule has 1 fully saturated rings. The average Bonchev–Trinajstić information content (AvgIpc) is 2.49. The van der Waals surface area contributed by atoms with Gasteiger partial charge in [-0.05, 0) is 37.8 Å². The molecule has 0 radical (unpaired) electrons. The van der Waals surface area contributed by atoms with E-state index in [1.54, 1.807) is 19.3 Å². The van der Waals surface area contributed by atoms with Crippen LogP contribution in [0.1, 0.15) is 38.2 Å². The number of hydrogen-bond acceptors (Lipinski definition) is 4. The van der Waals surface area contributed by atoms with Crippen molar-refractivity contribution in [2.24, 2.45) is 0 Å². The Balaban J connectivity index is 1.97. The Bertz CT molecular complexity index is 476. The first-order valence-electron chi connectivity index (χ1n) is 7.54. The second kappa shape index (κ2) is 7.76. The van der Waals surface area contributed by atoms with Crippen LogP contribution in [-0.4, -0.2) is 41.0 Å². The zero-order valence-corrected chi connectivity index (χ0v) is 12.5. The predicted octanol–water partition coefficient (Wildman–Crippen LogP) is 1.96. The van der Waals surface area contributed by atoms with E-state index in [0.29, 0.717) is 19.4 Å². The third-order valence-corrected chi connectivity index (χ3v) is 3.73. The van der Waals surface area contributed by atoms with E-state index in [4.69, 9.17) is 4.74 Å². The maximum Gasteiger partial charge on any atom is 0.307 e. The van der Waals surface area contributed by atoms with Crippen molar-refractivity contribution >= 4 is 11.9 Å². The molecule has 1 aromatic heterocycles. The van der Waals surface area contributed by atoms with Crippen LogP contribution in [0.15, 0.2) is 24.5 Å². The highest BCUT2D eigenvalue weighted by molar-refractivity contribution is 5.80. The van der Waals surface area contributed by atoms with Gasteiger partial charge in [0.05, 0.1) is 19.4 Å². The zero-order chi connectivity index (χ0) is 15.1. The van der Waals surface area contributed by atoms with Crippen LogP contribution >= 0.6 is 0 Å². The molecular formula is C16H22N2O3. The quantitative estimate of drug-likeness (QED) is 0.778. The number of likely N-dealkylation sites (tertiary alicyclic amines) is 1. The van der Waals surface area contributed by atoms with Crippen molar-refractivity contribution in [3.05, 3.63) is 30.1 Å². The third kappa shape index (κ3) is 4.55. The maximum absolute atomic E-state index is 12.5. The second-order valence-electron chi connectivity index (χ2n) is 5.28. The molecule has 0 bridgehead atoms. The summed E-state index contributed by atoms with van der Waals surface area (Å²) in [6.45, 7) is 2.91. The molecule has 5 heteroatoms. The van der Waals surface area contributed by atoms with E-state index >= 15 is 0 Å². The Kier molecular flexibility index (Phi) is 5.72. The smallest absolute Gasteiger partial charge is 0.307 e. The molecule has 0 unspecified atom stereocenters. The highest BCUT2D eigenvalue weighted by Gasteiger charge is 2.28. The summed E-state index contributed by atoms with van der Waals surface area (Å²) in [5, 5.41) is 0. The van der Waals surface area contributed by atoms with Crippen LogP contribution in [0, 0.1) is 0 Å². The maximum atomic E-state index is 12.5. The van der Waals surface area contributed by atoms with E-state index in [-0.39, 0.29) is 17.9 Å². The molecular weight excluding hydrogens is 268 g/mol. The predicted molar refractivity (Wildman–Crippen MR) is 78.5 cm³/mol. The molecule has 0 aromatic carbocycles. The van der Waals surface area contributed by atoms with Crippen LogP contribution in [0.5, 0.6) is 0 Å². The first-order chi connectivity index (χ1) is 10.2. The summed E-state index contributed by atoms with van der Waals surface area (Å²) in [5.41, 5.74) is 0.906. The Morgan fingerprint density at radius 3 is 3.00 bits per heavy atom. The highest BCUT2D eigenvalue weighted by atomic mass is 16.5. The summed E-state index contributed by atoms with van der Waals surface area (Å²) in [6.07, 6.45) is 6.97. The van der Waals surface area contributed by atoms with Crippen LogP contribution in [0.3, 0.4) is 0 Å². The fraction of sp³-hybridized carbons (Fsp3) is 0.562. The molecule has 1 saturated heterocycles. The van der Waals surface area contributed by atoms with Crippen molar-refractivity contribution in [2.45, 2.75) is 45.1 Å². The molecule has 1 aliphatic rings. The van der Waals surface area contributed by atoms with Crippen molar-refractivity contribution < 1.29 is 14.3 Å². The van der Waals surface area contributed by atoms with Crippen molar-refractivity contribution in [1.29, 1.82) is 0 Å². The summed E-state index contributed by atoms with van der Waals surface area (Å²) in [4.78, 5) is 30.0. The molecule has 1 aliphatic heterocycles. The van der Waals surface area contributed by atoms with E-state index in [9.17, 15) is 9.59 Å². The molecule has 1 atom stereocenters. The van der Waals surface area contributed by atoms with E-state index in [1.807, 2.05) is 17.0 Å². The van der Waals surface area contributed by atoms with Crippen LogP contribution in [0.4, 0.5) is 0 Å². The van der Waals surface area contributed by atoms with Gasteiger partial charge in [0, 0.05) is 25.0 Å². The summed E-state index contributed by atoms with van der Waals surface area (Å²) in [6, 6.07) is 3.70. The molecule has 21 heavy (non-hydrogen) atoms. The Morgan fingerprint density at radius 2 is 2.29 bits per heavy atom. The minimum absolute atomic E-state index is 0.0260. The Labute approximate surface area is 125 Å². The Hall–Kier alpha value is -1.91. The molecule has 0 spiro atoms. The number of esters is 1. The Morgan fingerprint density at radius 1 is 1.43 bits per heavy atom. The molecule has 0 saturated carbocycles. The lowest BCUT2D eigenvalue weighted by Gasteiger charge is -2.35. The van der Waals surface area contributed by atoms with Crippen molar-refractivity contribution in [3.63, 3.8) is 0 Å². The van der Waals surface area contributed by atoms with Crippen LogP contribution < -0.4 is 0 Å². The number of carbonyl (C=O) groups excluding carboxylic acids is 2. The van der Waals surface area contributed by atoms with E-state index in [2.05, 4.69) is 4.98 Å². The van der Waals surface area contributed by atoms with Gasteiger partial charge in [0.1, 0.15) is 0 Å². The van der Waals surface area contributed by atoms with Crippen LogP contribution in [-0.2, 0) is 20.7 Å². The van der Waals surface area contributed by atoms with Crippen LogP contribution in [0.25, 0.3) is 0 Å². The van der Waals surface area contributed by atoms with E-state index in [1.165, 1.54) is 0 Å². The normalized spacial score (nSPS) is 18.3. The van der Waals surface area contributed by atoms with Crippen molar-refractivity contribution in [1.82, 2.24) is 9.88 Å². The fourth-order valence-corrected chi connectivity index (χ4v) is 2.73. The van der Waals surface area contributed by atoms with Gasteiger partial charge in [-0.1, -0.05) is 6.07 Å². The lowest BCUT2D eigenvalue weighted by Crippen LogP contribution is -2.45. The lowest BCUT2D eigenvalue weighted by molar-refractivity contribution is -0.146. The van der Waals surface area contributed by atoms with Gasteiger partial charge in [-0.25, -0.2) is 0 Å². The van der Waals surface area contributed by atoms with Crippen molar-refractivity contribution in [3.8, 4) is 0 Å². The summed E-state index contributed by atoms with van der Waals surface area (Å²) in [5.74, 6) is -0.152. The van der Waals surface area contributed by atoms with Crippen LogP contribution in [0.2, 0.25) is 0 Å². The number of ether oxygens (including phenoxy) is 1. The number of carbonyl (C=O) groups is 2. The van der Waals surface area contributed by atoms with Gasteiger partial charge < -0.3 is 9.64 Å². The second-order valence-corrected chi connectivity index (χ2v) is 5.28. The summed E-state index contributed by atoms with van der Waals surface area (Å²) >= 11 is 0. The minimum Gasteiger partial charge on any atom is -0.466 e. The molecule has 2 heterocycles. The van der Waals surface area contributed by atoms with E-state index in [0.717, 1.165) is 31.4 Å². The number of amides is 1. The van der Waals surface area contributed by atoms with Gasteiger partial charge >= 0.3 is 5.97 Å². The molecule has 0 N–H and O–H groups in total. The SMILES string of the molecule is CCOC(=O)C[C@H]1CCCCN1C(=O)Cc1cccnc1. The zero-order valence-electron chi connectivity index (χ0n) is 12.5. The summed E-state index contributed by atoms with van der Waals surface area (Å²) < 4.78 is 5.00. The molecule has 1 aromatic rings. The number of pyridine rings is 1. The monoisotopic (exact) mass is 290 g/mol. The number of hydrogen-bond donors (Lipinski definition) is 0. The standard InChI is InChI=1S/C16H22N2O3/c1-2-21-16(20)11-14-7-3-4-9-18(14)15(19)10-13-6-5-8-17-12-13/h5-6,8,12,14H,2-4,7,9-11H2,1H3/t14-/m1/s1. The molecule has 5 nitrogen and oxygen atoms in total. The van der Waals surface area contributed by atoms with Gasteiger partial charge in [-0.2, -0.15) is 0 Å². The molecule has 0 aliphatic carbocycles. The third-order valence-electron chi connectivity index (χ3n) is 3.73. The van der Waals surface area contributed by atoms with Gasteiger partial charge in [0.2, 0.25) is 5.91 Å². The topological polar surface area (TPSA) is 59.5 Å². The van der Waals surface area contributed by atoms with Gasteiger partial charge in [0.25, 0.3) is 0 Å². The number of rotatable bonds is 5. The largest absolute Gasteiger partial charge is 0.466 e. The molecule has 2 rings (SSSR count). The van der Waals surface area contributed by atoms with E-state index < -0.39 is 0 Å². The van der Waals surface area contributed by atoms with Gasteiger partial charge in [0.15, 0.2) is 0 Å². The first kappa shape index (κ1) is 15.5. The van der Waals surface area contributed by atoms with Crippen molar-refractivity contribution in [2.75, 3.05) is 13.2 Å². The summed E-state index contributed by atoms with van der Waals surface area (Å²) in [7, 11) is 0. The molecule has 1 amide bonds. The number of nitrogens with zero attached hydrogens (tertiary/aromatic N) is 2. The van der Waals surface area contributed by atoms with Gasteiger partial charge in [-0.15, -0.1) is 0 Å². The first-order valence-corrected chi connectivity index (χ1v) is 7.54. The fourth-order valence-electron chi connectivity index (χ4n) is 2.73. The van der Waals surface area contributed by atoms with Gasteiger partial charge in [-0.3, -0.25) is 14.6 Å². The minimum atomic E-state index is -0.219. The number of piperidine rings is 1.